The molecule has 0 aromatic heterocycles. The van der Waals surface area contributed by atoms with Gasteiger partial charge in [-0.2, -0.15) is 11.8 Å². The fourth-order valence-electron chi connectivity index (χ4n) is 0.994. The molecular weight excluding hydrogens is 188 g/mol. The van der Waals surface area contributed by atoms with Gasteiger partial charge in [0, 0.05) is 5.75 Å². The summed E-state index contributed by atoms with van der Waals surface area (Å²) in [6.07, 6.45) is -0.250. The Morgan fingerprint density at radius 2 is 2.62 bits per heavy atom. The molecule has 0 saturated carbocycles. The molecule has 1 aliphatic heterocycles. The number of nitrogens with one attached hydrogen (secondary N) is 1. The lowest BCUT2D eigenvalue weighted by Gasteiger charge is -2.10. The number of hydrogen-bond donors (Lipinski definition) is 2. The van der Waals surface area contributed by atoms with E-state index in [1.54, 1.807) is 11.8 Å². The zero-order chi connectivity index (χ0) is 9.68. The number of hydrogen-bond acceptors (Lipinski definition) is 4. The highest BCUT2D eigenvalue weighted by atomic mass is 32.2. The summed E-state index contributed by atoms with van der Waals surface area (Å²) in [4.78, 5) is 10.6. The number of cyclic esters (lactones) is 1. The lowest BCUT2D eigenvalue weighted by atomic mass is 10.2. The van der Waals surface area contributed by atoms with E-state index < -0.39 is 0 Å². The fourth-order valence-corrected chi connectivity index (χ4v) is 2.12. The van der Waals surface area contributed by atoms with E-state index in [2.05, 4.69) is 12.2 Å². The van der Waals surface area contributed by atoms with Gasteiger partial charge in [-0.1, -0.05) is 6.92 Å². The molecule has 0 bridgehead atoms. The van der Waals surface area contributed by atoms with Gasteiger partial charge in [-0.05, 0) is 18.2 Å². The van der Waals surface area contributed by atoms with Gasteiger partial charge in [0.1, 0.15) is 6.10 Å². The summed E-state index contributed by atoms with van der Waals surface area (Å²) in [5.74, 6) is 2.43. The Morgan fingerprint density at radius 3 is 3.15 bits per heavy atom. The first-order valence-corrected chi connectivity index (χ1v) is 5.60. The summed E-state index contributed by atoms with van der Waals surface area (Å²) < 4.78 is 4.97. The Hall–Kier alpha value is -0.420. The molecule has 1 fully saturated rings. The van der Waals surface area contributed by atoms with Gasteiger partial charge in [-0.15, -0.1) is 0 Å². The maximum absolute atomic E-state index is 10.6. The smallest absolute Gasteiger partial charge is 0.407 e. The summed E-state index contributed by atoms with van der Waals surface area (Å²) in [7, 11) is 0. The quantitative estimate of drug-likeness (QED) is 0.681. The molecular formula is C8H16N2O2S. The van der Waals surface area contributed by atoms with Crippen LogP contribution in [0, 0.1) is 5.92 Å². The summed E-state index contributed by atoms with van der Waals surface area (Å²) in [5, 5.41) is 2.62. The monoisotopic (exact) mass is 204 g/mol. The molecule has 13 heavy (non-hydrogen) atoms. The summed E-state index contributed by atoms with van der Waals surface area (Å²) >= 11 is 1.79. The Kier molecular flexibility index (Phi) is 4.38. The number of carbonyl (C=O) groups excluding carboxylic acids is 1. The van der Waals surface area contributed by atoms with E-state index in [-0.39, 0.29) is 12.2 Å². The maximum atomic E-state index is 10.6. The second-order valence-corrected chi connectivity index (χ2v) is 4.36. The molecule has 1 aliphatic rings. The molecule has 1 heterocycles. The maximum Gasteiger partial charge on any atom is 0.407 e. The average molecular weight is 204 g/mol. The highest BCUT2D eigenvalue weighted by Crippen LogP contribution is 2.12. The number of nitrogens with two attached hydrogens (primary N) is 1. The molecule has 4 nitrogen and oxygen atoms in total. The standard InChI is InChI=1S/C8H16N2O2S/c1-6(2-9)4-13-5-7-3-10-8(11)12-7/h6-7H,2-5,9H2,1H3,(H,10,11). The first-order valence-electron chi connectivity index (χ1n) is 4.44. The van der Waals surface area contributed by atoms with Crippen molar-refractivity contribution in [2.75, 3.05) is 24.6 Å². The van der Waals surface area contributed by atoms with Gasteiger partial charge in [-0.3, -0.25) is 0 Å². The van der Waals surface area contributed by atoms with Gasteiger partial charge in [0.15, 0.2) is 0 Å². The first-order chi connectivity index (χ1) is 6.22. The van der Waals surface area contributed by atoms with E-state index in [1.807, 2.05) is 0 Å². The zero-order valence-corrected chi connectivity index (χ0v) is 8.60. The fraction of sp³-hybridized carbons (Fsp3) is 0.875. The summed E-state index contributed by atoms with van der Waals surface area (Å²) in [6.45, 7) is 3.48. The normalized spacial score (nSPS) is 23.8. The Labute approximate surface area is 82.6 Å². The number of ether oxygens (including phenoxy) is 1. The molecule has 76 valence electrons. The van der Waals surface area contributed by atoms with Gasteiger partial charge >= 0.3 is 6.09 Å². The van der Waals surface area contributed by atoms with Gasteiger partial charge in [0.05, 0.1) is 6.54 Å². The number of thioether (sulfide) groups is 1. The van der Waals surface area contributed by atoms with Crippen molar-refractivity contribution in [2.45, 2.75) is 13.0 Å². The van der Waals surface area contributed by atoms with Crippen LogP contribution in [-0.4, -0.2) is 36.8 Å². The molecule has 0 aromatic rings. The second-order valence-electron chi connectivity index (χ2n) is 3.29. The van der Waals surface area contributed by atoms with Crippen LogP contribution in [0.25, 0.3) is 0 Å². The molecule has 2 atom stereocenters. The highest BCUT2D eigenvalue weighted by molar-refractivity contribution is 7.99. The van der Waals surface area contributed by atoms with Crippen molar-refractivity contribution >= 4 is 17.9 Å². The van der Waals surface area contributed by atoms with E-state index in [0.717, 1.165) is 18.1 Å². The van der Waals surface area contributed by atoms with Crippen molar-refractivity contribution in [3.63, 3.8) is 0 Å². The molecule has 1 rings (SSSR count). The first kappa shape index (κ1) is 10.7. The van der Waals surface area contributed by atoms with Gasteiger partial charge < -0.3 is 15.8 Å². The third kappa shape index (κ3) is 3.87. The SMILES string of the molecule is CC(CN)CSCC1CNC(=O)O1. The van der Waals surface area contributed by atoms with E-state index in [4.69, 9.17) is 10.5 Å². The van der Waals surface area contributed by atoms with E-state index in [9.17, 15) is 4.79 Å². The second kappa shape index (κ2) is 5.34. The number of alkyl carbamates (subject to hydrolysis) is 1. The van der Waals surface area contributed by atoms with Gasteiger partial charge in [0.2, 0.25) is 0 Å². The summed E-state index contributed by atoms with van der Waals surface area (Å²) in [5.41, 5.74) is 5.48. The van der Waals surface area contributed by atoms with Crippen LogP contribution in [0.4, 0.5) is 4.79 Å². The Bertz CT molecular complexity index is 178. The van der Waals surface area contributed by atoms with Gasteiger partial charge in [-0.25, -0.2) is 4.79 Å². The zero-order valence-electron chi connectivity index (χ0n) is 7.79. The lowest BCUT2D eigenvalue weighted by Crippen LogP contribution is -2.18. The van der Waals surface area contributed by atoms with Crippen molar-refractivity contribution in [3.8, 4) is 0 Å². The Balaban J connectivity index is 2.03. The van der Waals surface area contributed by atoms with Crippen molar-refractivity contribution < 1.29 is 9.53 Å². The molecule has 2 unspecified atom stereocenters. The predicted molar refractivity (Wildman–Crippen MR) is 53.8 cm³/mol. The van der Waals surface area contributed by atoms with Crippen LogP contribution in [0.1, 0.15) is 6.92 Å². The van der Waals surface area contributed by atoms with Crippen LogP contribution in [0.2, 0.25) is 0 Å². The molecule has 3 N–H and O–H groups in total. The Morgan fingerprint density at radius 1 is 1.85 bits per heavy atom. The molecule has 0 aromatic carbocycles. The van der Waals surface area contributed by atoms with Crippen LogP contribution >= 0.6 is 11.8 Å². The third-order valence-corrected chi connectivity index (χ3v) is 3.27. The van der Waals surface area contributed by atoms with Crippen LogP contribution in [-0.2, 0) is 4.74 Å². The van der Waals surface area contributed by atoms with Crippen LogP contribution in [0.3, 0.4) is 0 Å². The van der Waals surface area contributed by atoms with Crippen molar-refractivity contribution in [2.24, 2.45) is 11.7 Å². The van der Waals surface area contributed by atoms with Gasteiger partial charge in [0.25, 0.3) is 0 Å². The molecule has 1 amide bonds. The van der Waals surface area contributed by atoms with Crippen LogP contribution in [0.5, 0.6) is 0 Å². The van der Waals surface area contributed by atoms with E-state index >= 15 is 0 Å². The minimum atomic E-state index is -0.294. The van der Waals surface area contributed by atoms with Crippen molar-refractivity contribution in [3.05, 3.63) is 0 Å². The van der Waals surface area contributed by atoms with E-state index in [0.29, 0.717) is 12.5 Å². The molecule has 5 heteroatoms. The minimum Gasteiger partial charge on any atom is -0.443 e. The van der Waals surface area contributed by atoms with Crippen LogP contribution in [0.15, 0.2) is 0 Å². The molecule has 0 radical (unpaired) electrons. The number of carbonyl (C=O) groups is 1. The molecule has 0 aliphatic carbocycles. The largest absolute Gasteiger partial charge is 0.443 e. The van der Waals surface area contributed by atoms with Crippen molar-refractivity contribution in [1.29, 1.82) is 0 Å². The van der Waals surface area contributed by atoms with Crippen molar-refractivity contribution in [1.82, 2.24) is 5.32 Å². The minimum absolute atomic E-state index is 0.0440. The molecule has 1 saturated heterocycles. The summed E-state index contributed by atoms with van der Waals surface area (Å²) in [6, 6.07) is 0. The molecule has 0 spiro atoms. The highest BCUT2D eigenvalue weighted by Gasteiger charge is 2.21. The lowest BCUT2D eigenvalue weighted by molar-refractivity contribution is 0.150. The average Bonchev–Trinajstić information content (AvgIpc) is 2.51. The number of amides is 1. The number of rotatable bonds is 5. The third-order valence-electron chi connectivity index (χ3n) is 1.86. The van der Waals surface area contributed by atoms with Crippen LogP contribution < -0.4 is 11.1 Å². The van der Waals surface area contributed by atoms with E-state index in [1.165, 1.54) is 0 Å². The predicted octanol–water partition coefficient (Wildman–Crippen LogP) is 0.423. The topological polar surface area (TPSA) is 64.3 Å².